The summed E-state index contributed by atoms with van der Waals surface area (Å²) < 4.78 is 5.42. The van der Waals surface area contributed by atoms with Crippen molar-refractivity contribution in [2.45, 2.75) is 24.3 Å². The SMILES string of the molecule is CC1(C)COCCN1C(=O)c1ccccc1S. The molecule has 0 N–H and O–H groups in total. The van der Waals surface area contributed by atoms with Crippen molar-refractivity contribution in [3.63, 3.8) is 0 Å². The van der Waals surface area contributed by atoms with Gasteiger partial charge in [0.25, 0.3) is 5.91 Å². The minimum Gasteiger partial charge on any atom is -0.377 e. The monoisotopic (exact) mass is 251 g/mol. The summed E-state index contributed by atoms with van der Waals surface area (Å²) >= 11 is 4.33. The van der Waals surface area contributed by atoms with Crippen LogP contribution in [0, 0.1) is 0 Å². The van der Waals surface area contributed by atoms with E-state index in [0.717, 1.165) is 4.90 Å². The molecule has 1 heterocycles. The highest BCUT2D eigenvalue weighted by Gasteiger charge is 2.34. The number of hydrogen-bond donors (Lipinski definition) is 1. The van der Waals surface area contributed by atoms with Crippen LogP contribution in [0.2, 0.25) is 0 Å². The highest BCUT2D eigenvalue weighted by Crippen LogP contribution is 2.24. The van der Waals surface area contributed by atoms with Gasteiger partial charge in [0.2, 0.25) is 0 Å². The molecule has 1 aromatic carbocycles. The Hall–Kier alpha value is -1.00. The Balaban J connectivity index is 2.28. The number of hydrogen-bond acceptors (Lipinski definition) is 3. The fraction of sp³-hybridized carbons (Fsp3) is 0.462. The van der Waals surface area contributed by atoms with Crippen LogP contribution < -0.4 is 0 Å². The van der Waals surface area contributed by atoms with Gasteiger partial charge in [-0.3, -0.25) is 4.79 Å². The quantitative estimate of drug-likeness (QED) is 0.776. The van der Waals surface area contributed by atoms with E-state index in [-0.39, 0.29) is 11.4 Å². The molecule has 1 aliphatic heterocycles. The molecule has 0 atom stereocenters. The second-order valence-electron chi connectivity index (χ2n) is 4.84. The van der Waals surface area contributed by atoms with E-state index in [2.05, 4.69) is 12.6 Å². The molecule has 0 spiro atoms. The van der Waals surface area contributed by atoms with Crippen molar-refractivity contribution in [1.29, 1.82) is 0 Å². The maximum Gasteiger partial charge on any atom is 0.255 e. The van der Waals surface area contributed by atoms with Crippen molar-refractivity contribution in [3.8, 4) is 0 Å². The van der Waals surface area contributed by atoms with E-state index in [1.807, 2.05) is 43.0 Å². The number of rotatable bonds is 1. The Morgan fingerprint density at radius 1 is 1.41 bits per heavy atom. The first-order chi connectivity index (χ1) is 8.02. The minimum atomic E-state index is -0.259. The summed E-state index contributed by atoms with van der Waals surface area (Å²) in [5, 5.41) is 0. The lowest BCUT2D eigenvalue weighted by Crippen LogP contribution is -2.55. The Labute approximate surface area is 107 Å². The lowest BCUT2D eigenvalue weighted by molar-refractivity contribution is -0.0372. The van der Waals surface area contributed by atoms with E-state index in [9.17, 15) is 4.79 Å². The van der Waals surface area contributed by atoms with Gasteiger partial charge >= 0.3 is 0 Å². The van der Waals surface area contributed by atoms with Crippen LogP contribution in [0.4, 0.5) is 0 Å². The van der Waals surface area contributed by atoms with Gasteiger partial charge in [0.05, 0.1) is 24.3 Å². The molecule has 17 heavy (non-hydrogen) atoms. The Bertz CT molecular complexity index is 431. The Kier molecular flexibility index (Phi) is 3.45. The van der Waals surface area contributed by atoms with Crippen LogP contribution in [-0.4, -0.2) is 36.1 Å². The number of benzene rings is 1. The lowest BCUT2D eigenvalue weighted by atomic mass is 10.0. The molecule has 1 saturated heterocycles. The fourth-order valence-corrected chi connectivity index (χ4v) is 2.29. The normalized spacial score (nSPS) is 19.1. The fourth-order valence-electron chi connectivity index (χ4n) is 2.03. The molecule has 3 nitrogen and oxygen atoms in total. The largest absolute Gasteiger partial charge is 0.377 e. The number of ether oxygens (including phenoxy) is 1. The van der Waals surface area contributed by atoms with Crippen LogP contribution in [-0.2, 0) is 4.74 Å². The number of thiol groups is 1. The van der Waals surface area contributed by atoms with E-state index in [1.165, 1.54) is 0 Å². The molecule has 1 fully saturated rings. The van der Waals surface area contributed by atoms with Crippen molar-refractivity contribution >= 4 is 18.5 Å². The van der Waals surface area contributed by atoms with Crippen molar-refractivity contribution in [3.05, 3.63) is 29.8 Å². The van der Waals surface area contributed by atoms with E-state index in [1.54, 1.807) is 0 Å². The zero-order chi connectivity index (χ0) is 12.5. The summed E-state index contributed by atoms with van der Waals surface area (Å²) in [6.07, 6.45) is 0. The van der Waals surface area contributed by atoms with Crippen molar-refractivity contribution in [1.82, 2.24) is 4.90 Å². The molecular formula is C13H17NO2S. The molecular weight excluding hydrogens is 234 g/mol. The first kappa shape index (κ1) is 12.5. The molecule has 0 aliphatic carbocycles. The summed E-state index contributed by atoms with van der Waals surface area (Å²) in [4.78, 5) is 15.0. The summed E-state index contributed by atoms with van der Waals surface area (Å²) in [5.41, 5.74) is 0.400. The number of carbonyl (C=O) groups excluding carboxylic acids is 1. The van der Waals surface area contributed by atoms with Crippen LogP contribution in [0.15, 0.2) is 29.2 Å². The summed E-state index contributed by atoms with van der Waals surface area (Å²) in [6.45, 7) is 5.85. The number of morpholine rings is 1. The van der Waals surface area contributed by atoms with Gasteiger partial charge in [-0.1, -0.05) is 12.1 Å². The second-order valence-corrected chi connectivity index (χ2v) is 5.32. The predicted octanol–water partition coefficient (Wildman–Crippen LogP) is 2.23. The molecule has 1 aliphatic rings. The van der Waals surface area contributed by atoms with Crippen molar-refractivity contribution in [2.24, 2.45) is 0 Å². The lowest BCUT2D eigenvalue weighted by Gasteiger charge is -2.42. The van der Waals surface area contributed by atoms with Crippen LogP contribution in [0.1, 0.15) is 24.2 Å². The van der Waals surface area contributed by atoms with E-state index in [0.29, 0.717) is 25.3 Å². The average molecular weight is 251 g/mol. The molecule has 2 rings (SSSR count). The summed E-state index contributed by atoms with van der Waals surface area (Å²) in [6, 6.07) is 7.39. The summed E-state index contributed by atoms with van der Waals surface area (Å²) in [5.74, 6) is 0.0314. The third kappa shape index (κ3) is 2.48. The molecule has 4 heteroatoms. The van der Waals surface area contributed by atoms with E-state index in [4.69, 9.17) is 4.74 Å². The maximum atomic E-state index is 12.5. The summed E-state index contributed by atoms with van der Waals surface area (Å²) in [7, 11) is 0. The van der Waals surface area contributed by atoms with Gasteiger partial charge in [0.15, 0.2) is 0 Å². The van der Waals surface area contributed by atoms with Crippen LogP contribution in [0.5, 0.6) is 0 Å². The minimum absolute atomic E-state index is 0.0314. The maximum absolute atomic E-state index is 12.5. The number of amides is 1. The molecule has 0 radical (unpaired) electrons. The molecule has 0 bridgehead atoms. The Morgan fingerprint density at radius 2 is 2.12 bits per heavy atom. The van der Waals surface area contributed by atoms with Crippen LogP contribution in [0.3, 0.4) is 0 Å². The second kappa shape index (κ2) is 4.70. The van der Waals surface area contributed by atoms with Crippen molar-refractivity contribution in [2.75, 3.05) is 19.8 Å². The van der Waals surface area contributed by atoms with E-state index < -0.39 is 0 Å². The first-order valence-corrected chi connectivity index (χ1v) is 6.15. The number of carbonyl (C=O) groups is 1. The number of nitrogens with zero attached hydrogens (tertiary/aromatic N) is 1. The van der Waals surface area contributed by atoms with Gasteiger partial charge in [-0.2, -0.15) is 0 Å². The van der Waals surface area contributed by atoms with Crippen molar-refractivity contribution < 1.29 is 9.53 Å². The van der Waals surface area contributed by atoms with Gasteiger partial charge < -0.3 is 9.64 Å². The van der Waals surface area contributed by atoms with Gasteiger partial charge in [-0.05, 0) is 26.0 Å². The van der Waals surface area contributed by atoms with Crippen LogP contribution >= 0.6 is 12.6 Å². The highest BCUT2D eigenvalue weighted by molar-refractivity contribution is 7.80. The molecule has 92 valence electrons. The molecule has 0 unspecified atom stereocenters. The molecule has 0 saturated carbocycles. The molecule has 1 aromatic rings. The van der Waals surface area contributed by atoms with E-state index >= 15 is 0 Å². The van der Waals surface area contributed by atoms with Crippen LogP contribution in [0.25, 0.3) is 0 Å². The third-order valence-electron chi connectivity index (χ3n) is 3.02. The van der Waals surface area contributed by atoms with Gasteiger partial charge in [-0.25, -0.2) is 0 Å². The zero-order valence-electron chi connectivity index (χ0n) is 10.1. The highest BCUT2D eigenvalue weighted by atomic mass is 32.1. The Morgan fingerprint density at radius 3 is 2.76 bits per heavy atom. The predicted molar refractivity (Wildman–Crippen MR) is 69.6 cm³/mol. The third-order valence-corrected chi connectivity index (χ3v) is 3.41. The van der Waals surface area contributed by atoms with Gasteiger partial charge in [0, 0.05) is 11.4 Å². The molecule has 0 aromatic heterocycles. The standard InChI is InChI=1S/C13H17NO2S/c1-13(2)9-16-8-7-14(13)12(15)10-5-3-4-6-11(10)17/h3-6,17H,7-9H2,1-2H3. The van der Waals surface area contributed by atoms with Gasteiger partial charge in [0.1, 0.15) is 0 Å². The average Bonchev–Trinajstić information content (AvgIpc) is 2.28. The smallest absolute Gasteiger partial charge is 0.255 e. The topological polar surface area (TPSA) is 29.5 Å². The zero-order valence-corrected chi connectivity index (χ0v) is 11.0. The molecule has 1 amide bonds. The van der Waals surface area contributed by atoms with Gasteiger partial charge in [-0.15, -0.1) is 12.6 Å². The first-order valence-electron chi connectivity index (χ1n) is 5.70.